The van der Waals surface area contributed by atoms with Crippen molar-refractivity contribution in [1.82, 2.24) is 0 Å². The molecule has 0 bridgehead atoms. The van der Waals surface area contributed by atoms with Gasteiger partial charge in [0.2, 0.25) is 0 Å². The topological polar surface area (TPSA) is 102 Å². The van der Waals surface area contributed by atoms with Crippen molar-refractivity contribution in [3.63, 3.8) is 0 Å². The van der Waals surface area contributed by atoms with Crippen LogP contribution in [-0.4, -0.2) is 75.5 Å². The number of unbranched alkanes of at least 4 members (excludes halogenated alkanes) is 44. The average molecular weight is 993 g/mol. The van der Waals surface area contributed by atoms with E-state index in [0.29, 0.717) is 12.8 Å². The van der Waals surface area contributed by atoms with Crippen molar-refractivity contribution in [2.45, 2.75) is 341 Å². The third-order valence-electron chi connectivity index (χ3n) is 14.7. The highest BCUT2D eigenvalue weighted by atomic mass is 16.6. The van der Waals surface area contributed by atoms with Gasteiger partial charge in [0.15, 0.2) is 6.10 Å². The number of carboxylic acids is 1. The van der Waals surface area contributed by atoms with Crippen LogP contribution in [0.2, 0.25) is 0 Å². The van der Waals surface area contributed by atoms with Gasteiger partial charge in [-0.05, 0) is 12.8 Å². The van der Waals surface area contributed by atoms with Crippen LogP contribution in [0.25, 0.3) is 0 Å². The van der Waals surface area contributed by atoms with Gasteiger partial charge in [0.05, 0.1) is 40.3 Å². The molecule has 0 radical (unpaired) electrons. The van der Waals surface area contributed by atoms with E-state index in [-0.39, 0.29) is 42.7 Å². The van der Waals surface area contributed by atoms with E-state index >= 15 is 0 Å². The number of likely N-dealkylation sites (N-methyl/N-ethyl adjacent to an activating group) is 1. The number of carbonyl (C=O) groups is 3. The van der Waals surface area contributed by atoms with Gasteiger partial charge in [-0.3, -0.25) is 9.59 Å². The van der Waals surface area contributed by atoms with Gasteiger partial charge in [-0.2, -0.15) is 0 Å². The second-order valence-electron chi connectivity index (χ2n) is 22.7. The largest absolute Gasteiger partial charge is 0.544 e. The number of carboxylic acid groups (broad SMARTS) is 1. The molecule has 0 aromatic rings. The molecule has 0 spiro atoms. The molecular weight excluding hydrogens is 871 g/mol. The van der Waals surface area contributed by atoms with Crippen molar-refractivity contribution < 1.29 is 38.2 Å². The third kappa shape index (κ3) is 51.2. The SMILES string of the molecule is CCCCCCCCCCCCCCCCCCCCCCCCCCC(=O)OC(COCCC(C(=O)[O-])[N+](C)(C)C)COC(=O)CCCCCCCCCCCCCCCCCCCCCCCC. The van der Waals surface area contributed by atoms with E-state index in [1.165, 1.54) is 257 Å². The molecule has 416 valence electrons. The number of hydrogen-bond donors (Lipinski definition) is 0. The van der Waals surface area contributed by atoms with Crippen LogP contribution in [0, 0.1) is 0 Å². The Labute approximate surface area is 436 Å². The molecule has 8 heteroatoms. The Balaban J connectivity index is 4.06. The van der Waals surface area contributed by atoms with Crippen LogP contribution in [0.4, 0.5) is 0 Å². The summed E-state index contributed by atoms with van der Waals surface area (Å²) in [7, 11) is 5.45. The van der Waals surface area contributed by atoms with Crippen molar-refractivity contribution in [2.24, 2.45) is 0 Å². The number of quaternary nitrogens is 1. The fraction of sp³-hybridized carbons (Fsp3) is 0.952. The molecule has 8 nitrogen and oxygen atoms in total. The van der Waals surface area contributed by atoms with Gasteiger partial charge >= 0.3 is 11.9 Å². The summed E-state index contributed by atoms with van der Waals surface area (Å²) in [4.78, 5) is 37.2. The van der Waals surface area contributed by atoms with Crippen molar-refractivity contribution in [2.75, 3.05) is 41.0 Å². The fourth-order valence-electron chi connectivity index (χ4n) is 9.96. The van der Waals surface area contributed by atoms with E-state index in [1.54, 1.807) is 0 Å². The lowest BCUT2D eigenvalue weighted by molar-refractivity contribution is -0.889. The molecule has 0 aliphatic carbocycles. The van der Waals surface area contributed by atoms with Gasteiger partial charge in [-0.25, -0.2) is 0 Å². The first-order valence-corrected chi connectivity index (χ1v) is 31.1. The van der Waals surface area contributed by atoms with Crippen molar-refractivity contribution in [1.29, 1.82) is 0 Å². The van der Waals surface area contributed by atoms with E-state index in [1.807, 2.05) is 21.1 Å². The number of carbonyl (C=O) groups excluding carboxylic acids is 3. The average Bonchev–Trinajstić information content (AvgIpc) is 3.33. The van der Waals surface area contributed by atoms with Crippen LogP contribution in [-0.2, 0) is 28.6 Å². The molecule has 0 saturated carbocycles. The summed E-state index contributed by atoms with van der Waals surface area (Å²) >= 11 is 0. The molecule has 0 amide bonds. The molecule has 0 fully saturated rings. The van der Waals surface area contributed by atoms with Crippen molar-refractivity contribution in [3.8, 4) is 0 Å². The molecule has 0 heterocycles. The molecule has 70 heavy (non-hydrogen) atoms. The summed E-state index contributed by atoms with van der Waals surface area (Å²) in [5.41, 5.74) is 0. The zero-order valence-corrected chi connectivity index (χ0v) is 47.7. The first kappa shape index (κ1) is 68.3. The lowest BCUT2D eigenvalue weighted by Gasteiger charge is -2.34. The zero-order chi connectivity index (χ0) is 51.3. The van der Waals surface area contributed by atoms with Crippen LogP contribution in [0.5, 0.6) is 0 Å². The molecule has 2 unspecified atom stereocenters. The smallest absolute Gasteiger partial charge is 0.306 e. The molecule has 0 saturated heterocycles. The molecule has 0 aliphatic rings. The standard InChI is InChI=1S/C62H121NO7/c1-6-8-10-12-14-16-18-20-22-24-26-28-30-31-33-35-37-39-41-43-45-47-49-51-53-61(65)70-58(56-68-55-54-59(62(66)67)63(3,4)5)57-69-60(64)52-50-48-46-44-42-40-38-36-34-32-29-27-25-23-21-19-17-15-13-11-9-7-2/h58-59H,6-57H2,1-5H3. The van der Waals surface area contributed by atoms with Crippen LogP contribution in [0.3, 0.4) is 0 Å². The summed E-state index contributed by atoms with van der Waals surface area (Å²) in [5, 5.41) is 11.7. The Morgan fingerprint density at radius 2 is 0.629 bits per heavy atom. The van der Waals surface area contributed by atoms with E-state index < -0.39 is 18.1 Å². The number of nitrogens with zero attached hydrogens (tertiary/aromatic N) is 1. The Hall–Kier alpha value is -1.67. The highest BCUT2D eigenvalue weighted by Gasteiger charge is 2.25. The Morgan fingerprint density at radius 1 is 0.371 bits per heavy atom. The van der Waals surface area contributed by atoms with Crippen LogP contribution in [0.15, 0.2) is 0 Å². The molecule has 0 aromatic carbocycles. The van der Waals surface area contributed by atoms with E-state index in [2.05, 4.69) is 13.8 Å². The summed E-state index contributed by atoms with van der Waals surface area (Å²) in [6.45, 7) is 4.75. The molecule has 0 N–H and O–H groups in total. The van der Waals surface area contributed by atoms with Gasteiger partial charge in [0, 0.05) is 19.3 Å². The number of esters is 2. The predicted octanol–water partition coefficient (Wildman–Crippen LogP) is 17.4. The van der Waals surface area contributed by atoms with Crippen molar-refractivity contribution in [3.05, 3.63) is 0 Å². The molecule has 0 aliphatic heterocycles. The number of rotatable bonds is 58. The summed E-state index contributed by atoms with van der Waals surface area (Å²) in [6.07, 6.45) is 61.6. The van der Waals surface area contributed by atoms with Gasteiger partial charge in [-0.1, -0.05) is 296 Å². The van der Waals surface area contributed by atoms with Crippen LogP contribution < -0.4 is 5.11 Å². The van der Waals surface area contributed by atoms with Gasteiger partial charge in [0.1, 0.15) is 12.6 Å². The van der Waals surface area contributed by atoms with E-state index in [0.717, 1.165) is 38.5 Å². The normalized spacial score (nSPS) is 12.6. The maximum atomic E-state index is 12.9. The zero-order valence-electron chi connectivity index (χ0n) is 47.7. The predicted molar refractivity (Wildman–Crippen MR) is 296 cm³/mol. The van der Waals surface area contributed by atoms with E-state index in [9.17, 15) is 19.5 Å². The number of hydrogen-bond acceptors (Lipinski definition) is 7. The molecule has 0 rings (SSSR count). The molecular formula is C62H121NO7. The minimum absolute atomic E-state index is 0.0504. The summed E-state index contributed by atoms with van der Waals surface area (Å²) in [6, 6.07) is -0.721. The molecule has 0 aromatic heterocycles. The second kappa shape index (κ2) is 53.6. The quantitative estimate of drug-likeness (QED) is 0.0340. The first-order chi connectivity index (χ1) is 34.1. The summed E-state index contributed by atoms with van der Waals surface area (Å²) < 4.78 is 17.4. The fourth-order valence-corrected chi connectivity index (χ4v) is 9.96. The molecule has 2 atom stereocenters. The Kier molecular flexibility index (Phi) is 52.3. The van der Waals surface area contributed by atoms with Crippen molar-refractivity contribution >= 4 is 17.9 Å². The van der Waals surface area contributed by atoms with E-state index in [4.69, 9.17) is 14.2 Å². The maximum absolute atomic E-state index is 12.9. The lowest BCUT2D eigenvalue weighted by Crippen LogP contribution is -2.55. The minimum atomic E-state index is -1.12. The second-order valence-corrected chi connectivity index (χ2v) is 22.7. The highest BCUT2D eigenvalue weighted by Crippen LogP contribution is 2.19. The lowest BCUT2D eigenvalue weighted by atomic mass is 10.0. The highest BCUT2D eigenvalue weighted by molar-refractivity contribution is 5.70. The van der Waals surface area contributed by atoms with Crippen LogP contribution >= 0.6 is 0 Å². The minimum Gasteiger partial charge on any atom is -0.544 e. The van der Waals surface area contributed by atoms with Crippen LogP contribution in [0.1, 0.15) is 328 Å². The number of ether oxygens (including phenoxy) is 3. The van der Waals surface area contributed by atoms with Gasteiger partial charge < -0.3 is 28.6 Å². The van der Waals surface area contributed by atoms with Gasteiger partial charge in [0.25, 0.3) is 0 Å². The monoisotopic (exact) mass is 992 g/mol. The first-order valence-electron chi connectivity index (χ1n) is 31.1. The Bertz CT molecular complexity index is 1110. The van der Waals surface area contributed by atoms with Gasteiger partial charge in [-0.15, -0.1) is 0 Å². The number of aliphatic carboxylic acids is 1. The maximum Gasteiger partial charge on any atom is 0.306 e. The Morgan fingerprint density at radius 3 is 0.886 bits per heavy atom. The summed E-state index contributed by atoms with van der Waals surface area (Å²) in [5.74, 6) is -1.70. The third-order valence-corrected chi connectivity index (χ3v) is 14.7.